The van der Waals surface area contributed by atoms with Crippen molar-refractivity contribution in [3.05, 3.63) is 59.7 Å². The zero-order chi connectivity index (χ0) is 24.0. The maximum absolute atomic E-state index is 13.4. The fourth-order valence-electron chi connectivity index (χ4n) is 2.95. The first-order valence-corrected chi connectivity index (χ1v) is 11.2. The van der Waals surface area contributed by atoms with Gasteiger partial charge in [0, 0.05) is 47.3 Å². The first-order chi connectivity index (χ1) is 15.7. The topological polar surface area (TPSA) is 112 Å². The van der Waals surface area contributed by atoms with Gasteiger partial charge in [-0.1, -0.05) is 0 Å². The van der Waals surface area contributed by atoms with Crippen molar-refractivity contribution in [1.29, 1.82) is 0 Å². The lowest BCUT2D eigenvalue weighted by atomic mass is 10.2. The first-order valence-electron chi connectivity index (χ1n) is 9.75. The third-order valence-electron chi connectivity index (χ3n) is 4.72. The molecule has 1 fully saturated rings. The van der Waals surface area contributed by atoms with Gasteiger partial charge in [0.15, 0.2) is 0 Å². The zero-order valence-electron chi connectivity index (χ0n) is 17.2. The molecule has 1 aliphatic rings. The van der Waals surface area contributed by atoms with Crippen LogP contribution in [0.5, 0.6) is 0 Å². The molecule has 1 aromatic heterocycles. The summed E-state index contributed by atoms with van der Waals surface area (Å²) in [6.07, 6.45) is -2.11. The Labute approximate surface area is 189 Å². The van der Waals surface area contributed by atoms with Gasteiger partial charge in [0.2, 0.25) is 0 Å². The van der Waals surface area contributed by atoms with Crippen molar-refractivity contribution in [2.75, 3.05) is 29.5 Å². The van der Waals surface area contributed by atoms with Crippen molar-refractivity contribution in [3.63, 3.8) is 0 Å². The number of urea groups is 1. The average molecular weight is 483 g/mol. The van der Waals surface area contributed by atoms with E-state index in [2.05, 4.69) is 4.98 Å². The lowest BCUT2D eigenvalue weighted by molar-refractivity contribution is -0.132. The van der Waals surface area contributed by atoms with Crippen molar-refractivity contribution in [1.82, 2.24) is 20.7 Å². The number of aromatic nitrogens is 1. The number of carbonyl (C=O) groups excluding carboxylic acids is 3. The molecule has 0 radical (unpaired) electrons. The smallest absolute Gasteiger partial charge is 0.323 e. The normalized spacial score (nSPS) is 14.1. The molecule has 1 saturated heterocycles. The van der Waals surface area contributed by atoms with Crippen LogP contribution < -0.4 is 15.8 Å². The summed E-state index contributed by atoms with van der Waals surface area (Å²) in [4.78, 5) is 43.0. The molecule has 33 heavy (non-hydrogen) atoms. The Morgan fingerprint density at radius 3 is 2.30 bits per heavy atom. The second-order valence-electron chi connectivity index (χ2n) is 6.96. The van der Waals surface area contributed by atoms with E-state index in [-0.39, 0.29) is 18.1 Å². The van der Waals surface area contributed by atoms with Gasteiger partial charge in [0.05, 0.1) is 17.8 Å². The van der Waals surface area contributed by atoms with Gasteiger partial charge in [0.25, 0.3) is 5.91 Å². The average Bonchev–Trinajstić information content (AvgIpc) is 2.82. The molecule has 2 aromatic rings. The Bertz CT molecular complexity index is 1030. The monoisotopic (exact) mass is 483 g/mol. The van der Waals surface area contributed by atoms with Gasteiger partial charge in [0.1, 0.15) is 5.82 Å². The molecule has 1 aliphatic heterocycles. The predicted octanol–water partition coefficient (Wildman–Crippen LogP) is 1.44. The SMILES string of the molecule is O=C(NNC(=O)C(F)F)c1ccc(CN(C(=O)N2CCS(=O)CC2)c2ccc(F)cc2)nc1. The molecule has 13 heteroatoms. The van der Waals surface area contributed by atoms with Gasteiger partial charge >= 0.3 is 18.4 Å². The summed E-state index contributed by atoms with van der Waals surface area (Å²) in [5.41, 5.74) is 4.23. The highest BCUT2D eigenvalue weighted by molar-refractivity contribution is 7.85. The van der Waals surface area contributed by atoms with E-state index in [1.54, 1.807) is 10.3 Å². The van der Waals surface area contributed by atoms with Crippen molar-refractivity contribution in [2.24, 2.45) is 0 Å². The molecule has 9 nitrogen and oxygen atoms in total. The van der Waals surface area contributed by atoms with Crippen LogP contribution in [0, 0.1) is 5.82 Å². The number of pyridine rings is 1. The first kappa shape index (κ1) is 24.2. The van der Waals surface area contributed by atoms with Crippen LogP contribution in [0.2, 0.25) is 0 Å². The molecule has 3 rings (SSSR count). The van der Waals surface area contributed by atoms with Crippen molar-refractivity contribution >= 4 is 34.3 Å². The number of anilines is 1. The molecule has 0 unspecified atom stereocenters. The highest BCUT2D eigenvalue weighted by atomic mass is 32.2. The third-order valence-corrected chi connectivity index (χ3v) is 6.00. The second kappa shape index (κ2) is 10.9. The minimum atomic E-state index is -3.28. The van der Waals surface area contributed by atoms with E-state index in [0.717, 1.165) is 6.20 Å². The van der Waals surface area contributed by atoms with Gasteiger partial charge in [-0.15, -0.1) is 0 Å². The van der Waals surface area contributed by atoms with Gasteiger partial charge < -0.3 is 4.90 Å². The Morgan fingerprint density at radius 2 is 1.73 bits per heavy atom. The van der Waals surface area contributed by atoms with Gasteiger partial charge in [-0.25, -0.2) is 9.18 Å². The fourth-order valence-corrected chi connectivity index (χ4v) is 4.00. The van der Waals surface area contributed by atoms with Crippen LogP contribution in [0.1, 0.15) is 16.1 Å². The van der Waals surface area contributed by atoms with E-state index >= 15 is 0 Å². The van der Waals surface area contributed by atoms with Crippen molar-refractivity contribution in [2.45, 2.75) is 13.0 Å². The number of hydrazine groups is 1. The number of carbonyl (C=O) groups is 3. The summed E-state index contributed by atoms with van der Waals surface area (Å²) < 4.78 is 49.4. The minimum Gasteiger partial charge on any atom is -0.323 e. The molecular weight excluding hydrogens is 463 g/mol. The van der Waals surface area contributed by atoms with Crippen LogP contribution in [-0.2, 0) is 22.1 Å². The molecule has 0 spiro atoms. The van der Waals surface area contributed by atoms with Crippen LogP contribution >= 0.6 is 0 Å². The largest absolute Gasteiger partial charge is 0.324 e. The van der Waals surface area contributed by atoms with Crippen molar-refractivity contribution < 1.29 is 31.8 Å². The fraction of sp³-hybridized carbons (Fsp3) is 0.300. The number of nitrogens with zero attached hydrogens (tertiary/aromatic N) is 3. The number of benzene rings is 1. The van der Waals surface area contributed by atoms with Crippen LogP contribution in [0.4, 0.5) is 23.7 Å². The van der Waals surface area contributed by atoms with E-state index in [9.17, 15) is 31.8 Å². The van der Waals surface area contributed by atoms with Gasteiger partial charge in [-0.2, -0.15) is 8.78 Å². The third kappa shape index (κ3) is 6.51. The summed E-state index contributed by atoms with van der Waals surface area (Å²) >= 11 is 0. The van der Waals surface area contributed by atoms with E-state index < -0.39 is 34.9 Å². The maximum Gasteiger partial charge on any atom is 0.324 e. The van der Waals surface area contributed by atoms with Crippen LogP contribution in [0.15, 0.2) is 42.6 Å². The maximum atomic E-state index is 13.4. The highest BCUT2D eigenvalue weighted by Crippen LogP contribution is 2.20. The van der Waals surface area contributed by atoms with Crippen LogP contribution in [-0.4, -0.2) is 63.0 Å². The Morgan fingerprint density at radius 1 is 1.06 bits per heavy atom. The predicted molar refractivity (Wildman–Crippen MR) is 113 cm³/mol. The summed E-state index contributed by atoms with van der Waals surface area (Å²) in [6.45, 7) is 0.633. The van der Waals surface area contributed by atoms with Crippen LogP contribution in [0.25, 0.3) is 0 Å². The number of rotatable bonds is 5. The van der Waals surface area contributed by atoms with Gasteiger partial charge in [-0.3, -0.25) is 34.5 Å². The number of amides is 4. The van der Waals surface area contributed by atoms with E-state index in [4.69, 9.17) is 0 Å². The Kier molecular flexibility index (Phi) is 7.98. The zero-order valence-corrected chi connectivity index (χ0v) is 18.0. The van der Waals surface area contributed by atoms with E-state index in [1.165, 1.54) is 41.3 Å². The summed E-state index contributed by atoms with van der Waals surface area (Å²) in [5, 5.41) is 0. The number of nitrogens with one attached hydrogen (secondary N) is 2. The summed E-state index contributed by atoms with van der Waals surface area (Å²) in [6, 6.07) is 7.77. The quantitative estimate of drug-likeness (QED) is 0.626. The minimum absolute atomic E-state index is 0.00588. The number of alkyl halides is 2. The molecule has 2 heterocycles. The molecule has 0 atom stereocenters. The Hall–Kier alpha value is -3.48. The second-order valence-corrected chi connectivity index (χ2v) is 8.66. The number of halogens is 3. The van der Waals surface area contributed by atoms with Crippen LogP contribution in [0.3, 0.4) is 0 Å². The molecule has 0 bridgehead atoms. The Balaban J connectivity index is 1.73. The lowest BCUT2D eigenvalue weighted by Gasteiger charge is -2.32. The molecule has 0 aliphatic carbocycles. The van der Waals surface area contributed by atoms with E-state index in [0.29, 0.717) is 36.0 Å². The molecule has 4 amide bonds. The standard InChI is InChI=1S/C20H20F3N5O4S/c21-14-2-5-16(6-3-14)28(20(31)27-7-9-33(32)10-8-27)12-15-4-1-13(11-24-15)18(29)25-26-19(30)17(22)23/h1-6,11,17H,7-10,12H2,(H,25,29)(H,26,30). The molecule has 0 saturated carbocycles. The highest BCUT2D eigenvalue weighted by Gasteiger charge is 2.26. The molecule has 1 aromatic carbocycles. The van der Waals surface area contributed by atoms with Gasteiger partial charge in [-0.05, 0) is 36.4 Å². The molecule has 2 N–H and O–H groups in total. The number of hydrogen-bond donors (Lipinski definition) is 2. The lowest BCUT2D eigenvalue weighted by Crippen LogP contribution is -2.48. The number of hydrogen-bond acceptors (Lipinski definition) is 5. The summed E-state index contributed by atoms with van der Waals surface area (Å²) in [7, 11) is -0.971. The molecule has 176 valence electrons. The van der Waals surface area contributed by atoms with E-state index in [1.807, 2.05) is 5.43 Å². The molecular formula is C20H20F3N5O4S. The van der Waals surface area contributed by atoms with Crippen molar-refractivity contribution in [3.8, 4) is 0 Å². The summed E-state index contributed by atoms with van der Waals surface area (Å²) in [5.74, 6) is -2.23.